The average molecular weight is 467 g/mol. The summed E-state index contributed by atoms with van der Waals surface area (Å²) in [6, 6.07) is 9.42. The van der Waals surface area contributed by atoms with Gasteiger partial charge in [-0.15, -0.1) is 0 Å². The molecule has 1 unspecified atom stereocenters. The van der Waals surface area contributed by atoms with E-state index in [4.69, 9.17) is 4.74 Å². The second kappa shape index (κ2) is 12.8. The molecule has 1 aromatic rings. The van der Waals surface area contributed by atoms with E-state index in [9.17, 15) is 4.79 Å². The monoisotopic (exact) mass is 468 g/mol. The van der Waals surface area contributed by atoms with Gasteiger partial charge in [0.05, 0.1) is 0 Å². The third-order valence-electron chi connectivity index (χ3n) is 5.74. The van der Waals surface area contributed by atoms with Gasteiger partial charge in [0.2, 0.25) is 0 Å². The third-order valence-corrected chi connectivity index (χ3v) is 21.4. The topological polar surface area (TPSA) is 26.3 Å². The van der Waals surface area contributed by atoms with E-state index in [-0.39, 0.29) is 11.9 Å². The summed E-state index contributed by atoms with van der Waals surface area (Å²) in [5.41, 5.74) is 1.26. The number of unbranched alkanes of at least 4 members (excludes halogenated alkanes) is 3. The minimum atomic E-state index is -2.31. The molecule has 26 heavy (non-hydrogen) atoms. The zero-order valence-electron chi connectivity index (χ0n) is 17.8. The fourth-order valence-electron chi connectivity index (χ4n) is 3.99. The van der Waals surface area contributed by atoms with E-state index >= 15 is 0 Å². The Morgan fingerprint density at radius 2 is 1.38 bits per heavy atom. The Morgan fingerprint density at radius 1 is 0.923 bits per heavy atom. The van der Waals surface area contributed by atoms with Crippen LogP contribution in [0.5, 0.6) is 0 Å². The summed E-state index contributed by atoms with van der Waals surface area (Å²) in [5.74, 6) is -0.184. The van der Waals surface area contributed by atoms with E-state index in [1.54, 1.807) is 3.58 Å². The maximum absolute atomic E-state index is 11.7. The molecule has 0 aliphatic carbocycles. The molecular weight excluding hydrogens is 427 g/mol. The van der Waals surface area contributed by atoms with Crippen LogP contribution >= 0.6 is 0 Å². The Bertz CT molecular complexity index is 488. The predicted molar refractivity (Wildman–Crippen MR) is 116 cm³/mol. The van der Waals surface area contributed by atoms with Crippen molar-refractivity contribution in [2.24, 2.45) is 5.92 Å². The summed E-state index contributed by atoms with van der Waals surface area (Å²) in [7, 11) is 1.47. The van der Waals surface area contributed by atoms with Crippen LogP contribution < -0.4 is 3.58 Å². The second-order valence-corrected chi connectivity index (χ2v) is 21.2. The first-order chi connectivity index (χ1) is 12.5. The molecule has 1 aromatic carbocycles. The average Bonchev–Trinajstić information content (AvgIpc) is 2.67. The normalized spacial score (nSPS) is 12.8. The van der Waals surface area contributed by atoms with Crippen molar-refractivity contribution in [3.8, 4) is 0 Å². The van der Waals surface area contributed by atoms with Crippen LogP contribution in [0.4, 0.5) is 0 Å². The Morgan fingerprint density at radius 3 is 1.77 bits per heavy atom. The van der Waals surface area contributed by atoms with Gasteiger partial charge in [-0.2, -0.15) is 0 Å². The van der Waals surface area contributed by atoms with Crippen LogP contribution in [0.15, 0.2) is 24.3 Å². The summed E-state index contributed by atoms with van der Waals surface area (Å²) in [5, 5.41) is 0. The Labute approximate surface area is 166 Å². The Balaban J connectivity index is 3.01. The van der Waals surface area contributed by atoms with Crippen LogP contribution in [-0.2, 0) is 16.0 Å². The third kappa shape index (κ3) is 7.25. The van der Waals surface area contributed by atoms with Crippen LogP contribution in [0.25, 0.3) is 0 Å². The van der Waals surface area contributed by atoms with Crippen molar-refractivity contribution in [2.75, 3.05) is 7.11 Å². The Kier molecular flexibility index (Phi) is 11.6. The molecule has 0 saturated carbocycles. The molecule has 0 N–H and O–H groups in total. The maximum atomic E-state index is 11.7. The molecule has 0 aliphatic heterocycles. The number of methoxy groups -OCH3 is 1. The molecule has 1 atom stereocenters. The standard InChI is InChI=1S/C11H13O2.3C4H9.Sn/c1-9(11(12)13-2)8-10-6-4-3-5-7-10;3*1-3-4-2;/h4-7,9H,8H2,1-2H3;3*1,3-4H2,2H3;. The van der Waals surface area contributed by atoms with Crippen molar-refractivity contribution in [2.45, 2.75) is 86.0 Å². The van der Waals surface area contributed by atoms with Gasteiger partial charge in [-0.1, -0.05) is 0 Å². The quantitative estimate of drug-likeness (QED) is 0.259. The van der Waals surface area contributed by atoms with Gasteiger partial charge in [0, 0.05) is 0 Å². The number of hydrogen-bond acceptors (Lipinski definition) is 2. The van der Waals surface area contributed by atoms with Gasteiger partial charge in [0.25, 0.3) is 0 Å². The molecule has 0 spiro atoms. The first kappa shape index (κ1) is 23.5. The molecule has 2 nitrogen and oxygen atoms in total. The van der Waals surface area contributed by atoms with Crippen molar-refractivity contribution in [1.29, 1.82) is 0 Å². The van der Waals surface area contributed by atoms with E-state index in [0.717, 1.165) is 6.42 Å². The van der Waals surface area contributed by atoms with E-state index in [1.807, 2.05) is 6.92 Å². The molecule has 0 saturated heterocycles. The zero-order chi connectivity index (χ0) is 19.4. The SMILES string of the molecule is CCC[CH2][Sn]([CH2]CCC)([CH2]CCC)[c]1ccc(CC(C)C(=O)OC)cc1. The fraction of sp³-hybridized carbons (Fsp3) is 0.696. The fourth-order valence-corrected chi connectivity index (χ4v) is 19.9. The van der Waals surface area contributed by atoms with Gasteiger partial charge in [-0.3, -0.25) is 0 Å². The summed E-state index contributed by atoms with van der Waals surface area (Å²) >= 11 is -2.31. The summed E-state index contributed by atoms with van der Waals surface area (Å²) in [6.07, 6.45) is 8.89. The number of rotatable bonds is 13. The number of ether oxygens (including phenoxy) is 1. The Hall–Kier alpha value is -0.511. The van der Waals surface area contributed by atoms with Crippen molar-refractivity contribution in [1.82, 2.24) is 0 Å². The summed E-state index contributed by atoms with van der Waals surface area (Å²) in [6.45, 7) is 8.93. The second-order valence-electron chi connectivity index (χ2n) is 7.92. The van der Waals surface area contributed by atoms with Gasteiger partial charge in [0.1, 0.15) is 0 Å². The summed E-state index contributed by atoms with van der Waals surface area (Å²) in [4.78, 5) is 11.7. The predicted octanol–water partition coefficient (Wildman–Crippen LogP) is 6.09. The van der Waals surface area contributed by atoms with E-state index in [1.165, 1.54) is 64.5 Å². The van der Waals surface area contributed by atoms with E-state index < -0.39 is 18.4 Å². The van der Waals surface area contributed by atoms with Crippen molar-refractivity contribution in [3.05, 3.63) is 29.8 Å². The van der Waals surface area contributed by atoms with E-state index in [0.29, 0.717) is 0 Å². The van der Waals surface area contributed by atoms with Gasteiger partial charge >= 0.3 is 166 Å². The van der Waals surface area contributed by atoms with Gasteiger partial charge in [-0.25, -0.2) is 0 Å². The molecular formula is C23H40O2Sn. The van der Waals surface area contributed by atoms with Gasteiger partial charge in [0.15, 0.2) is 0 Å². The molecule has 0 aromatic heterocycles. The van der Waals surface area contributed by atoms with Crippen LogP contribution in [0, 0.1) is 5.92 Å². The summed E-state index contributed by atoms with van der Waals surface area (Å²) < 4.78 is 11.1. The van der Waals surface area contributed by atoms with Crippen molar-refractivity contribution < 1.29 is 9.53 Å². The van der Waals surface area contributed by atoms with E-state index in [2.05, 4.69) is 45.0 Å². The van der Waals surface area contributed by atoms with Crippen LogP contribution in [0.2, 0.25) is 13.3 Å². The van der Waals surface area contributed by atoms with Crippen molar-refractivity contribution >= 4 is 27.9 Å². The van der Waals surface area contributed by atoms with Gasteiger partial charge in [-0.05, 0) is 0 Å². The number of hydrogen-bond donors (Lipinski definition) is 0. The number of carbonyl (C=O) groups is 1. The van der Waals surface area contributed by atoms with Crippen LogP contribution in [0.3, 0.4) is 0 Å². The molecule has 0 heterocycles. The van der Waals surface area contributed by atoms with Gasteiger partial charge < -0.3 is 0 Å². The first-order valence-electron chi connectivity index (χ1n) is 10.7. The molecule has 0 radical (unpaired) electrons. The van der Waals surface area contributed by atoms with Crippen molar-refractivity contribution in [3.63, 3.8) is 0 Å². The number of carbonyl (C=O) groups excluding carboxylic acids is 1. The zero-order valence-corrected chi connectivity index (χ0v) is 20.6. The number of benzene rings is 1. The van der Waals surface area contributed by atoms with Crippen LogP contribution in [-0.4, -0.2) is 31.5 Å². The molecule has 3 heteroatoms. The number of esters is 1. The molecule has 0 bridgehead atoms. The molecule has 0 amide bonds. The van der Waals surface area contributed by atoms with Crippen LogP contribution in [0.1, 0.15) is 71.8 Å². The molecule has 148 valence electrons. The molecule has 0 fully saturated rings. The minimum absolute atomic E-state index is 0.0700. The first-order valence-corrected chi connectivity index (χ1v) is 18.2. The molecule has 1 rings (SSSR count). The molecule has 0 aliphatic rings.